The second-order valence-electron chi connectivity index (χ2n) is 6.22. The van der Waals surface area contributed by atoms with Crippen LogP contribution in [0.15, 0.2) is 30.5 Å². The molecule has 2 aromatic heterocycles. The van der Waals surface area contributed by atoms with Gasteiger partial charge in [-0.1, -0.05) is 31.2 Å². The van der Waals surface area contributed by atoms with Gasteiger partial charge in [0.1, 0.15) is 11.6 Å². The van der Waals surface area contributed by atoms with E-state index in [1.54, 1.807) is 14.2 Å². The summed E-state index contributed by atoms with van der Waals surface area (Å²) in [6.45, 7) is 3.24. The smallest absolute Gasteiger partial charge is 0.181 e. The highest BCUT2D eigenvalue weighted by Crippen LogP contribution is 2.24. The highest BCUT2D eigenvalue weighted by atomic mass is 16.5. The van der Waals surface area contributed by atoms with Gasteiger partial charge in [-0.3, -0.25) is 5.10 Å². The second-order valence-corrected chi connectivity index (χ2v) is 6.22. The highest BCUT2D eigenvalue weighted by Gasteiger charge is 2.16. The molecule has 138 valence electrons. The van der Waals surface area contributed by atoms with Gasteiger partial charge in [-0.05, 0) is 12.0 Å². The van der Waals surface area contributed by atoms with E-state index in [1.807, 2.05) is 30.5 Å². The van der Waals surface area contributed by atoms with Gasteiger partial charge in [0, 0.05) is 26.2 Å². The molecule has 1 aromatic carbocycles. The fraction of sp³-hybridized carbons (Fsp3) is 0.421. The van der Waals surface area contributed by atoms with Crippen LogP contribution in [0, 0.1) is 0 Å². The molecule has 7 heteroatoms. The zero-order chi connectivity index (χ0) is 18.4. The largest absolute Gasteiger partial charge is 0.384 e. The first-order valence-corrected chi connectivity index (χ1v) is 8.80. The van der Waals surface area contributed by atoms with Crippen LogP contribution in [-0.2, 0) is 15.9 Å². The Balaban J connectivity index is 1.76. The van der Waals surface area contributed by atoms with Crippen molar-refractivity contribution >= 4 is 0 Å². The summed E-state index contributed by atoms with van der Waals surface area (Å²) < 4.78 is 10.5. The summed E-state index contributed by atoms with van der Waals surface area (Å²) in [6, 6.07) is 8.14. The number of hydrogen-bond acceptors (Lipinski definition) is 5. The summed E-state index contributed by atoms with van der Waals surface area (Å²) in [5.41, 5.74) is 3.01. The Hall–Kier alpha value is -2.51. The molecule has 2 N–H and O–H groups in total. The number of nitrogens with one attached hydrogen (secondary N) is 2. The lowest BCUT2D eigenvalue weighted by Gasteiger charge is -2.12. The van der Waals surface area contributed by atoms with Crippen molar-refractivity contribution in [2.75, 3.05) is 27.4 Å². The molecule has 0 radical (unpaired) electrons. The van der Waals surface area contributed by atoms with Crippen LogP contribution in [0.5, 0.6) is 0 Å². The minimum atomic E-state index is 0.0864. The van der Waals surface area contributed by atoms with E-state index >= 15 is 0 Å². The Kier molecular flexibility index (Phi) is 6.14. The van der Waals surface area contributed by atoms with Crippen LogP contribution in [0.3, 0.4) is 0 Å². The van der Waals surface area contributed by atoms with Crippen LogP contribution in [0.25, 0.3) is 22.6 Å². The molecule has 26 heavy (non-hydrogen) atoms. The van der Waals surface area contributed by atoms with Gasteiger partial charge in [0.25, 0.3) is 0 Å². The summed E-state index contributed by atoms with van der Waals surface area (Å²) in [5, 5.41) is 7.28. The number of imidazole rings is 1. The Labute approximate surface area is 153 Å². The predicted octanol–water partition coefficient (Wildman–Crippen LogP) is 3.19. The average Bonchev–Trinajstić information content (AvgIpc) is 3.32. The Bertz CT molecular complexity index is 803. The molecule has 0 aliphatic rings. The molecule has 0 atom stereocenters. The van der Waals surface area contributed by atoms with Crippen molar-refractivity contribution in [2.24, 2.45) is 0 Å². The van der Waals surface area contributed by atoms with Gasteiger partial charge < -0.3 is 14.5 Å². The lowest BCUT2D eigenvalue weighted by Crippen LogP contribution is -2.13. The van der Waals surface area contributed by atoms with Crippen molar-refractivity contribution in [1.29, 1.82) is 0 Å². The SMILES string of the molecule is CCCc1nc(-c2ccc(-c3cnc(C(COC)COC)[nH]3)cc2)n[nH]1. The molecular formula is C19H25N5O2. The fourth-order valence-electron chi connectivity index (χ4n) is 2.87. The first-order chi connectivity index (χ1) is 12.7. The fourth-order valence-corrected chi connectivity index (χ4v) is 2.87. The highest BCUT2D eigenvalue weighted by molar-refractivity contribution is 5.64. The normalized spacial score (nSPS) is 11.4. The van der Waals surface area contributed by atoms with Crippen molar-refractivity contribution in [3.63, 3.8) is 0 Å². The number of aryl methyl sites for hydroxylation is 1. The molecule has 0 aliphatic carbocycles. The number of nitrogens with zero attached hydrogens (tertiary/aromatic N) is 3. The summed E-state index contributed by atoms with van der Waals surface area (Å²) in [7, 11) is 3.36. The number of ether oxygens (including phenoxy) is 2. The third-order valence-corrected chi connectivity index (χ3v) is 4.19. The van der Waals surface area contributed by atoms with Crippen LogP contribution in [-0.4, -0.2) is 52.6 Å². The number of methoxy groups -OCH3 is 2. The molecule has 0 fully saturated rings. The number of H-pyrrole nitrogens is 2. The summed E-state index contributed by atoms with van der Waals surface area (Å²) >= 11 is 0. The molecule has 0 aliphatic heterocycles. The second kappa shape index (κ2) is 8.73. The quantitative estimate of drug-likeness (QED) is 0.615. The maximum atomic E-state index is 5.25. The van der Waals surface area contributed by atoms with Crippen molar-refractivity contribution < 1.29 is 9.47 Å². The number of aromatic amines is 2. The van der Waals surface area contributed by atoms with Crippen molar-refractivity contribution in [3.8, 4) is 22.6 Å². The number of aromatic nitrogens is 5. The predicted molar refractivity (Wildman–Crippen MR) is 99.9 cm³/mol. The molecule has 3 rings (SSSR count). The number of benzene rings is 1. The summed E-state index contributed by atoms with van der Waals surface area (Å²) in [6.07, 6.45) is 3.80. The first-order valence-electron chi connectivity index (χ1n) is 8.80. The lowest BCUT2D eigenvalue weighted by atomic mass is 10.1. The average molecular weight is 355 g/mol. The third-order valence-electron chi connectivity index (χ3n) is 4.19. The number of rotatable bonds is 9. The van der Waals surface area contributed by atoms with E-state index in [1.165, 1.54) is 0 Å². The van der Waals surface area contributed by atoms with Crippen LogP contribution < -0.4 is 0 Å². The van der Waals surface area contributed by atoms with Gasteiger partial charge in [-0.15, -0.1) is 0 Å². The van der Waals surface area contributed by atoms with Crippen molar-refractivity contribution in [2.45, 2.75) is 25.7 Å². The summed E-state index contributed by atoms with van der Waals surface area (Å²) in [5.74, 6) is 2.60. The van der Waals surface area contributed by atoms with Gasteiger partial charge in [-0.2, -0.15) is 5.10 Å². The molecule has 7 nitrogen and oxygen atoms in total. The molecule has 3 aromatic rings. The first kappa shape index (κ1) is 18.3. The summed E-state index contributed by atoms with van der Waals surface area (Å²) in [4.78, 5) is 12.4. The van der Waals surface area contributed by atoms with Crippen LogP contribution in [0.1, 0.15) is 30.9 Å². The molecule has 0 bridgehead atoms. The monoisotopic (exact) mass is 355 g/mol. The minimum absolute atomic E-state index is 0.0864. The molecule has 0 saturated heterocycles. The maximum Gasteiger partial charge on any atom is 0.181 e. The van der Waals surface area contributed by atoms with Crippen molar-refractivity contribution in [1.82, 2.24) is 25.1 Å². The van der Waals surface area contributed by atoms with Crippen molar-refractivity contribution in [3.05, 3.63) is 42.1 Å². The van der Waals surface area contributed by atoms with E-state index in [-0.39, 0.29) is 5.92 Å². The molecule has 0 amide bonds. The molecular weight excluding hydrogens is 330 g/mol. The zero-order valence-corrected chi connectivity index (χ0v) is 15.5. The molecule has 0 unspecified atom stereocenters. The van der Waals surface area contributed by atoms with E-state index < -0.39 is 0 Å². The van der Waals surface area contributed by atoms with Crippen LogP contribution in [0.2, 0.25) is 0 Å². The van der Waals surface area contributed by atoms with Gasteiger partial charge in [-0.25, -0.2) is 9.97 Å². The maximum absolute atomic E-state index is 5.25. The van der Waals surface area contributed by atoms with E-state index in [4.69, 9.17) is 9.47 Å². The van der Waals surface area contributed by atoms with Crippen LogP contribution >= 0.6 is 0 Å². The molecule has 2 heterocycles. The third kappa shape index (κ3) is 4.17. The zero-order valence-electron chi connectivity index (χ0n) is 15.5. The van der Waals surface area contributed by atoms with Gasteiger partial charge >= 0.3 is 0 Å². The number of hydrogen-bond donors (Lipinski definition) is 2. The Morgan fingerprint density at radius 2 is 1.73 bits per heavy atom. The van der Waals surface area contributed by atoms with E-state index in [0.717, 1.165) is 47.1 Å². The van der Waals surface area contributed by atoms with Crippen LogP contribution in [0.4, 0.5) is 0 Å². The van der Waals surface area contributed by atoms with E-state index in [0.29, 0.717) is 13.2 Å². The lowest BCUT2D eigenvalue weighted by molar-refractivity contribution is 0.114. The Morgan fingerprint density at radius 1 is 1.04 bits per heavy atom. The van der Waals surface area contributed by atoms with E-state index in [2.05, 4.69) is 32.1 Å². The van der Waals surface area contributed by atoms with Gasteiger partial charge in [0.15, 0.2) is 5.82 Å². The van der Waals surface area contributed by atoms with E-state index in [9.17, 15) is 0 Å². The standard InChI is InChI=1S/C19H25N5O2/c1-4-5-17-22-19(24-23-17)14-8-6-13(7-9-14)16-10-20-18(21-16)15(11-25-2)12-26-3/h6-10,15H,4-5,11-12H2,1-3H3,(H,20,21)(H,22,23,24). The van der Waals surface area contributed by atoms with Gasteiger partial charge in [0.05, 0.1) is 31.0 Å². The topological polar surface area (TPSA) is 88.7 Å². The molecule has 0 saturated carbocycles. The molecule has 0 spiro atoms. The minimum Gasteiger partial charge on any atom is -0.384 e. The Morgan fingerprint density at radius 3 is 2.38 bits per heavy atom. The van der Waals surface area contributed by atoms with Gasteiger partial charge in [0.2, 0.25) is 0 Å².